The number of hydrogen-bond acceptors (Lipinski definition) is 4. The molecule has 3 fully saturated rings. The molecule has 3 aliphatic rings. The SMILES string of the molecule is O=C(NCCC1CCCC1)[C@H]1CC(=O)N([C@@H]2CCS(=O)(=O)C2)C1. The average molecular weight is 342 g/mol. The van der Waals surface area contributed by atoms with Gasteiger partial charge < -0.3 is 10.2 Å². The summed E-state index contributed by atoms with van der Waals surface area (Å²) in [5, 5.41) is 2.96. The maximum atomic E-state index is 12.2. The summed E-state index contributed by atoms with van der Waals surface area (Å²) in [6.45, 7) is 1.06. The predicted molar refractivity (Wildman–Crippen MR) is 86.5 cm³/mol. The molecule has 2 heterocycles. The van der Waals surface area contributed by atoms with E-state index < -0.39 is 9.84 Å². The molecule has 1 aliphatic carbocycles. The Balaban J connectivity index is 1.46. The molecule has 6 nitrogen and oxygen atoms in total. The zero-order valence-corrected chi connectivity index (χ0v) is 14.3. The summed E-state index contributed by atoms with van der Waals surface area (Å²) >= 11 is 0. The molecule has 7 heteroatoms. The zero-order chi connectivity index (χ0) is 16.4. The van der Waals surface area contributed by atoms with E-state index in [0.717, 1.165) is 12.3 Å². The van der Waals surface area contributed by atoms with E-state index in [2.05, 4.69) is 5.32 Å². The lowest BCUT2D eigenvalue weighted by molar-refractivity contribution is -0.130. The summed E-state index contributed by atoms with van der Waals surface area (Å²) in [5.41, 5.74) is 0. The first-order valence-corrected chi connectivity index (χ1v) is 10.5. The quantitative estimate of drug-likeness (QED) is 0.798. The fraction of sp³-hybridized carbons (Fsp3) is 0.875. The second kappa shape index (κ2) is 6.79. The Labute approximate surface area is 137 Å². The zero-order valence-electron chi connectivity index (χ0n) is 13.5. The molecular weight excluding hydrogens is 316 g/mol. The standard InChI is InChI=1S/C16H26N2O4S/c19-15-9-13(10-18(15)14-6-8-23(21,22)11-14)16(20)17-7-5-12-3-1-2-4-12/h12-14H,1-11H2,(H,17,20)/t13-,14+/m0/s1. The van der Waals surface area contributed by atoms with Crippen LogP contribution >= 0.6 is 0 Å². The van der Waals surface area contributed by atoms with Crippen LogP contribution in [0.4, 0.5) is 0 Å². The second-order valence-corrected chi connectivity index (χ2v) is 9.46. The van der Waals surface area contributed by atoms with E-state index in [0.29, 0.717) is 19.5 Å². The van der Waals surface area contributed by atoms with Crippen molar-refractivity contribution in [2.45, 2.75) is 51.0 Å². The maximum Gasteiger partial charge on any atom is 0.225 e. The molecule has 0 aromatic heterocycles. The summed E-state index contributed by atoms with van der Waals surface area (Å²) in [6.07, 6.45) is 6.88. The minimum Gasteiger partial charge on any atom is -0.356 e. The number of rotatable bonds is 5. The van der Waals surface area contributed by atoms with Crippen LogP contribution in [0, 0.1) is 11.8 Å². The van der Waals surface area contributed by atoms with Gasteiger partial charge in [0.2, 0.25) is 11.8 Å². The molecular formula is C16H26N2O4S. The van der Waals surface area contributed by atoms with E-state index >= 15 is 0 Å². The smallest absolute Gasteiger partial charge is 0.225 e. The Morgan fingerprint density at radius 1 is 1.22 bits per heavy atom. The molecule has 1 N–H and O–H groups in total. The van der Waals surface area contributed by atoms with Crippen LogP contribution in [0.15, 0.2) is 0 Å². The topological polar surface area (TPSA) is 83.6 Å². The van der Waals surface area contributed by atoms with Gasteiger partial charge in [0.1, 0.15) is 0 Å². The molecule has 1 saturated carbocycles. The minimum atomic E-state index is -3.01. The number of likely N-dealkylation sites (tertiary alicyclic amines) is 1. The number of nitrogens with one attached hydrogen (secondary N) is 1. The lowest BCUT2D eigenvalue weighted by Gasteiger charge is -2.23. The summed E-state index contributed by atoms with van der Waals surface area (Å²) < 4.78 is 23.1. The average Bonchev–Trinajstić information content (AvgIpc) is 3.19. The van der Waals surface area contributed by atoms with Crippen molar-refractivity contribution in [1.82, 2.24) is 10.2 Å². The lowest BCUT2D eigenvalue weighted by atomic mass is 10.0. The van der Waals surface area contributed by atoms with Crippen LogP contribution < -0.4 is 5.32 Å². The summed E-state index contributed by atoms with van der Waals surface area (Å²) in [4.78, 5) is 26.0. The highest BCUT2D eigenvalue weighted by Gasteiger charge is 2.41. The molecule has 2 aliphatic heterocycles. The van der Waals surface area contributed by atoms with Crippen LogP contribution in [0.1, 0.15) is 44.9 Å². The number of nitrogens with zero attached hydrogens (tertiary/aromatic N) is 1. The molecule has 2 atom stereocenters. The van der Waals surface area contributed by atoms with Crippen molar-refractivity contribution < 1.29 is 18.0 Å². The Bertz CT molecular complexity index is 569. The molecule has 0 spiro atoms. The van der Waals surface area contributed by atoms with Gasteiger partial charge in [0, 0.05) is 25.6 Å². The first kappa shape index (κ1) is 16.7. The van der Waals surface area contributed by atoms with Crippen LogP contribution in [0.5, 0.6) is 0 Å². The Hall–Kier alpha value is -1.11. The van der Waals surface area contributed by atoms with E-state index in [1.54, 1.807) is 4.90 Å². The lowest BCUT2D eigenvalue weighted by Crippen LogP contribution is -2.39. The fourth-order valence-electron chi connectivity index (χ4n) is 4.12. The van der Waals surface area contributed by atoms with Gasteiger partial charge in [-0.3, -0.25) is 9.59 Å². The number of carbonyl (C=O) groups is 2. The molecule has 2 saturated heterocycles. The predicted octanol–water partition coefficient (Wildman–Crippen LogP) is 0.718. The van der Waals surface area contributed by atoms with Crippen LogP contribution in [-0.4, -0.2) is 55.8 Å². The van der Waals surface area contributed by atoms with Gasteiger partial charge in [-0.05, 0) is 18.8 Å². The molecule has 0 bridgehead atoms. The maximum absolute atomic E-state index is 12.2. The van der Waals surface area contributed by atoms with Gasteiger partial charge in [-0.15, -0.1) is 0 Å². The van der Waals surface area contributed by atoms with Crippen molar-refractivity contribution in [2.24, 2.45) is 11.8 Å². The van der Waals surface area contributed by atoms with E-state index in [-0.39, 0.29) is 41.7 Å². The van der Waals surface area contributed by atoms with E-state index in [1.807, 2.05) is 0 Å². The number of carbonyl (C=O) groups excluding carboxylic acids is 2. The molecule has 23 heavy (non-hydrogen) atoms. The normalized spacial score (nSPS) is 31.0. The number of sulfone groups is 1. The third kappa shape index (κ3) is 4.05. The van der Waals surface area contributed by atoms with Crippen molar-refractivity contribution in [2.75, 3.05) is 24.6 Å². The molecule has 0 aromatic rings. The van der Waals surface area contributed by atoms with Gasteiger partial charge in [0.05, 0.1) is 17.4 Å². The Kier molecular flexibility index (Phi) is 4.94. The third-order valence-electron chi connectivity index (χ3n) is 5.50. The highest BCUT2D eigenvalue weighted by atomic mass is 32.2. The Morgan fingerprint density at radius 2 is 1.96 bits per heavy atom. The van der Waals surface area contributed by atoms with Gasteiger partial charge in [-0.25, -0.2) is 8.42 Å². The van der Waals surface area contributed by atoms with Crippen molar-refractivity contribution >= 4 is 21.7 Å². The molecule has 130 valence electrons. The van der Waals surface area contributed by atoms with Crippen molar-refractivity contribution in [3.63, 3.8) is 0 Å². The fourth-order valence-corrected chi connectivity index (χ4v) is 5.85. The van der Waals surface area contributed by atoms with E-state index in [1.165, 1.54) is 25.7 Å². The van der Waals surface area contributed by atoms with Gasteiger partial charge in [0.15, 0.2) is 9.84 Å². The largest absolute Gasteiger partial charge is 0.356 e. The third-order valence-corrected chi connectivity index (χ3v) is 7.26. The molecule has 0 unspecified atom stereocenters. The highest BCUT2D eigenvalue weighted by molar-refractivity contribution is 7.91. The summed E-state index contributed by atoms with van der Waals surface area (Å²) in [6, 6.07) is -0.233. The molecule has 0 radical (unpaired) electrons. The summed E-state index contributed by atoms with van der Waals surface area (Å²) in [5.74, 6) is 0.479. The summed E-state index contributed by atoms with van der Waals surface area (Å²) in [7, 11) is -3.01. The molecule has 2 amide bonds. The second-order valence-electron chi connectivity index (χ2n) is 7.23. The Morgan fingerprint density at radius 3 is 2.61 bits per heavy atom. The van der Waals surface area contributed by atoms with Crippen LogP contribution in [-0.2, 0) is 19.4 Å². The highest BCUT2D eigenvalue weighted by Crippen LogP contribution is 2.28. The van der Waals surface area contributed by atoms with E-state index in [9.17, 15) is 18.0 Å². The van der Waals surface area contributed by atoms with E-state index in [4.69, 9.17) is 0 Å². The monoisotopic (exact) mass is 342 g/mol. The van der Waals surface area contributed by atoms with Crippen molar-refractivity contribution in [3.8, 4) is 0 Å². The number of amides is 2. The number of hydrogen-bond donors (Lipinski definition) is 1. The van der Waals surface area contributed by atoms with Crippen LogP contribution in [0.3, 0.4) is 0 Å². The van der Waals surface area contributed by atoms with Crippen molar-refractivity contribution in [3.05, 3.63) is 0 Å². The van der Waals surface area contributed by atoms with Gasteiger partial charge in [0.25, 0.3) is 0 Å². The first-order valence-electron chi connectivity index (χ1n) is 8.72. The van der Waals surface area contributed by atoms with Gasteiger partial charge >= 0.3 is 0 Å². The van der Waals surface area contributed by atoms with Crippen molar-refractivity contribution in [1.29, 1.82) is 0 Å². The van der Waals surface area contributed by atoms with Gasteiger partial charge in [-0.2, -0.15) is 0 Å². The van der Waals surface area contributed by atoms with Crippen LogP contribution in [0.2, 0.25) is 0 Å². The minimum absolute atomic E-state index is 0.0504. The van der Waals surface area contributed by atoms with Crippen LogP contribution in [0.25, 0.3) is 0 Å². The van der Waals surface area contributed by atoms with Gasteiger partial charge in [-0.1, -0.05) is 25.7 Å². The molecule has 0 aromatic carbocycles. The first-order chi connectivity index (χ1) is 10.9. The molecule has 3 rings (SSSR count).